The fraction of sp³-hybridized carbons (Fsp3) is 0.571. The van der Waals surface area contributed by atoms with E-state index in [4.69, 9.17) is 33.2 Å². The van der Waals surface area contributed by atoms with Gasteiger partial charge in [0.05, 0.1) is 6.04 Å². The summed E-state index contributed by atoms with van der Waals surface area (Å²) in [5, 5.41) is 4.83. The third-order valence-corrected chi connectivity index (χ3v) is 8.79. The molecule has 1 aromatic heterocycles. The van der Waals surface area contributed by atoms with E-state index in [0.29, 0.717) is 10.0 Å². The lowest BCUT2D eigenvalue weighted by molar-refractivity contribution is 0.0294. The maximum Gasteiger partial charge on any atom is 0.227 e. The Hall–Kier alpha value is -1.82. The van der Waals surface area contributed by atoms with Crippen LogP contribution < -0.4 is 10.2 Å². The largest absolute Gasteiger partial charge is 0.363 e. The summed E-state index contributed by atoms with van der Waals surface area (Å²) in [4.78, 5) is 14.8. The summed E-state index contributed by atoms with van der Waals surface area (Å²) < 4.78 is 0. The molecule has 2 aliphatic heterocycles. The van der Waals surface area contributed by atoms with Crippen molar-refractivity contribution in [1.29, 1.82) is 0 Å². The average Bonchev–Trinajstić information content (AvgIpc) is 2.76. The van der Waals surface area contributed by atoms with Gasteiger partial charge in [0, 0.05) is 47.5 Å². The Kier molecular flexibility index (Phi) is 7.30. The number of hydrogen-bond acceptors (Lipinski definition) is 5. The summed E-state index contributed by atoms with van der Waals surface area (Å²) in [5.41, 5.74) is 2.85. The highest BCUT2D eigenvalue weighted by Crippen LogP contribution is 2.38. The number of nitrogens with zero attached hydrogens (tertiary/aromatic N) is 4. The van der Waals surface area contributed by atoms with Gasteiger partial charge in [0.2, 0.25) is 5.95 Å². The molecule has 7 heteroatoms. The van der Waals surface area contributed by atoms with E-state index in [2.05, 4.69) is 35.5 Å². The number of nitrogens with one attached hydrogen (secondary N) is 1. The first kappa shape index (κ1) is 24.9. The number of hydrogen-bond donors (Lipinski definition) is 1. The van der Waals surface area contributed by atoms with Gasteiger partial charge in [-0.3, -0.25) is 0 Å². The van der Waals surface area contributed by atoms with E-state index < -0.39 is 0 Å². The highest BCUT2D eigenvalue weighted by molar-refractivity contribution is 6.35. The van der Waals surface area contributed by atoms with Gasteiger partial charge in [0.15, 0.2) is 0 Å². The minimum atomic E-state index is -0.0350. The van der Waals surface area contributed by atoms with Gasteiger partial charge >= 0.3 is 0 Å². The van der Waals surface area contributed by atoms with Crippen molar-refractivity contribution in [1.82, 2.24) is 14.9 Å². The number of benzene rings is 1. The van der Waals surface area contributed by atoms with Crippen LogP contribution in [0.5, 0.6) is 0 Å². The third kappa shape index (κ3) is 5.33. The van der Waals surface area contributed by atoms with Crippen LogP contribution in [0.2, 0.25) is 10.0 Å². The molecule has 0 bridgehead atoms. The second-order valence-electron chi connectivity index (χ2n) is 11.0. The van der Waals surface area contributed by atoms with Crippen LogP contribution in [0.3, 0.4) is 0 Å². The molecule has 0 amide bonds. The highest BCUT2D eigenvalue weighted by Gasteiger charge is 2.40. The average molecular weight is 515 g/mol. The number of anilines is 2. The summed E-state index contributed by atoms with van der Waals surface area (Å²) in [6.45, 7) is 15.2. The van der Waals surface area contributed by atoms with Crippen molar-refractivity contribution in [3.63, 3.8) is 0 Å². The van der Waals surface area contributed by atoms with E-state index in [1.54, 1.807) is 6.07 Å². The zero-order valence-corrected chi connectivity index (χ0v) is 22.6. The lowest BCUT2D eigenvalue weighted by Crippen LogP contribution is -2.56. The lowest BCUT2D eigenvalue weighted by atomic mass is 9.76. The summed E-state index contributed by atoms with van der Waals surface area (Å²) in [7, 11) is 0. The summed E-state index contributed by atoms with van der Waals surface area (Å²) >= 11 is 12.5. The van der Waals surface area contributed by atoms with Crippen molar-refractivity contribution >= 4 is 40.5 Å². The van der Waals surface area contributed by atoms with Crippen molar-refractivity contribution in [3.8, 4) is 0 Å². The topological polar surface area (TPSA) is 44.3 Å². The Balaban J connectivity index is 1.25. The van der Waals surface area contributed by atoms with E-state index in [9.17, 15) is 0 Å². The Morgan fingerprint density at radius 2 is 1.94 bits per heavy atom. The van der Waals surface area contributed by atoms with Crippen LogP contribution in [-0.4, -0.2) is 47.1 Å². The molecule has 2 saturated heterocycles. The molecule has 35 heavy (non-hydrogen) atoms. The molecule has 1 N–H and O–H groups in total. The van der Waals surface area contributed by atoms with Crippen LogP contribution in [0.15, 0.2) is 31.0 Å². The zero-order chi connectivity index (χ0) is 24.7. The van der Waals surface area contributed by atoms with Crippen LogP contribution in [0.4, 0.5) is 11.8 Å². The van der Waals surface area contributed by atoms with E-state index in [0.717, 1.165) is 65.4 Å². The van der Waals surface area contributed by atoms with E-state index in [1.807, 2.05) is 25.3 Å². The fourth-order valence-corrected chi connectivity index (χ4v) is 6.54. The minimum Gasteiger partial charge on any atom is -0.363 e. The van der Waals surface area contributed by atoms with Gasteiger partial charge in [-0.15, -0.1) is 0 Å². The molecule has 1 saturated carbocycles. The fourth-order valence-electron chi connectivity index (χ4n) is 5.97. The van der Waals surface area contributed by atoms with Crippen molar-refractivity contribution in [3.05, 3.63) is 52.1 Å². The van der Waals surface area contributed by atoms with Crippen molar-refractivity contribution in [2.45, 2.75) is 58.5 Å². The number of halogens is 2. The quantitative estimate of drug-likeness (QED) is 0.434. The Morgan fingerprint density at radius 1 is 1.17 bits per heavy atom. The van der Waals surface area contributed by atoms with Crippen LogP contribution >= 0.6 is 23.2 Å². The molecule has 5 nitrogen and oxygen atoms in total. The van der Waals surface area contributed by atoms with Gasteiger partial charge in [0.25, 0.3) is 0 Å². The van der Waals surface area contributed by atoms with Crippen molar-refractivity contribution in [2.75, 3.05) is 36.4 Å². The molecule has 1 aromatic carbocycles. The Labute approximate surface area is 219 Å². The SMILES string of the molecule is C=C(C)c1cnc(N2CC([C@H]3CCCN(C4CC(C)C4)C3)C2)nc1N[C@H](C)c1ccc(Cl)cc1Cl. The van der Waals surface area contributed by atoms with E-state index in [-0.39, 0.29) is 6.04 Å². The molecular weight excluding hydrogens is 477 g/mol. The minimum absolute atomic E-state index is 0.0350. The number of piperidine rings is 1. The predicted octanol–water partition coefficient (Wildman–Crippen LogP) is 6.94. The molecule has 2 atom stereocenters. The molecule has 3 aliphatic rings. The standard InChI is InChI=1S/C28H37Cl2N5/c1-17(2)25-13-31-28(33-27(25)32-19(4)24-8-7-22(29)12-26(24)30)35-15-21(16-35)20-6-5-9-34(14-20)23-10-18(3)11-23/h7-8,12-13,18-21,23H,1,5-6,9-11,14-16H2,2-4H3,(H,31,32,33)/t18?,19-,20+,23?/m1/s1. The molecule has 3 fully saturated rings. The second kappa shape index (κ2) is 10.3. The van der Waals surface area contributed by atoms with Gasteiger partial charge in [-0.05, 0) is 87.1 Å². The first-order valence-electron chi connectivity index (χ1n) is 13.0. The number of rotatable bonds is 7. The van der Waals surface area contributed by atoms with Gasteiger partial charge in [-0.1, -0.05) is 42.8 Å². The third-order valence-electron chi connectivity index (χ3n) is 8.23. The summed E-state index contributed by atoms with van der Waals surface area (Å²) in [6.07, 6.45) is 7.38. The van der Waals surface area contributed by atoms with E-state index >= 15 is 0 Å². The van der Waals surface area contributed by atoms with Crippen LogP contribution in [0, 0.1) is 17.8 Å². The molecule has 188 valence electrons. The summed E-state index contributed by atoms with van der Waals surface area (Å²) in [5.74, 6) is 4.05. The lowest BCUT2D eigenvalue weighted by Gasteiger charge is -2.50. The molecule has 0 spiro atoms. The van der Waals surface area contributed by atoms with Gasteiger partial charge in [-0.2, -0.15) is 4.98 Å². The highest BCUT2D eigenvalue weighted by atomic mass is 35.5. The maximum atomic E-state index is 6.46. The number of likely N-dealkylation sites (tertiary alicyclic amines) is 1. The molecule has 3 heterocycles. The molecule has 0 unspecified atom stereocenters. The molecule has 2 aromatic rings. The normalized spacial score (nSPS) is 26.1. The Morgan fingerprint density at radius 3 is 2.63 bits per heavy atom. The summed E-state index contributed by atoms with van der Waals surface area (Å²) in [6, 6.07) is 6.41. The predicted molar refractivity (Wildman–Crippen MR) is 147 cm³/mol. The second-order valence-corrected chi connectivity index (χ2v) is 11.9. The van der Waals surface area contributed by atoms with Gasteiger partial charge in [0.1, 0.15) is 5.82 Å². The Bertz CT molecular complexity index is 1080. The first-order valence-corrected chi connectivity index (χ1v) is 13.8. The van der Waals surface area contributed by atoms with Crippen LogP contribution in [0.25, 0.3) is 5.57 Å². The molecule has 5 rings (SSSR count). The van der Waals surface area contributed by atoms with E-state index in [1.165, 1.54) is 38.8 Å². The smallest absolute Gasteiger partial charge is 0.227 e. The monoisotopic (exact) mass is 513 g/mol. The van der Waals surface area contributed by atoms with Gasteiger partial charge in [-0.25, -0.2) is 4.98 Å². The van der Waals surface area contributed by atoms with Crippen LogP contribution in [0.1, 0.15) is 63.6 Å². The first-order chi connectivity index (χ1) is 16.8. The molecular formula is C28H37Cl2N5. The van der Waals surface area contributed by atoms with Crippen molar-refractivity contribution < 1.29 is 0 Å². The zero-order valence-electron chi connectivity index (χ0n) is 21.1. The molecule has 1 aliphatic carbocycles. The van der Waals surface area contributed by atoms with Crippen molar-refractivity contribution in [2.24, 2.45) is 17.8 Å². The number of allylic oxidation sites excluding steroid dienone is 1. The molecule has 0 radical (unpaired) electrons. The number of aromatic nitrogens is 2. The van der Waals surface area contributed by atoms with Gasteiger partial charge < -0.3 is 15.1 Å². The maximum absolute atomic E-state index is 6.46. The van der Waals surface area contributed by atoms with Crippen LogP contribution in [-0.2, 0) is 0 Å².